The maximum atomic E-state index is 10.4. The summed E-state index contributed by atoms with van der Waals surface area (Å²) in [6, 6.07) is 25.1. The molecule has 0 spiro atoms. The summed E-state index contributed by atoms with van der Waals surface area (Å²) in [5.74, 6) is 0. The molecule has 7 heteroatoms. The van der Waals surface area contributed by atoms with Gasteiger partial charge < -0.3 is 9.45 Å². The Labute approximate surface area is 198 Å². The van der Waals surface area contributed by atoms with Crippen LogP contribution >= 0.6 is 11.8 Å². The third kappa shape index (κ3) is 5.11. The lowest BCUT2D eigenvalue weighted by Crippen LogP contribution is -2.31. The van der Waals surface area contributed by atoms with Gasteiger partial charge in [0.05, 0.1) is 15.6 Å². The maximum Gasteiger partial charge on any atom is 0.207 e. The van der Waals surface area contributed by atoms with E-state index in [9.17, 15) is 13.0 Å². The van der Waals surface area contributed by atoms with Crippen LogP contribution in [-0.2, 0) is 17.2 Å². The SMILES string of the molecule is CN1/C(=C\c2cccc[n+]2C)Sc2ccc3ccccc3c21.Cc1ccc(S(=O)(=O)[O-])cc1. The summed E-state index contributed by atoms with van der Waals surface area (Å²) in [5.41, 5.74) is 3.44. The molecule has 0 unspecified atom stereocenters. The van der Waals surface area contributed by atoms with E-state index < -0.39 is 10.1 Å². The van der Waals surface area contributed by atoms with E-state index in [4.69, 9.17) is 0 Å². The quantitative estimate of drug-likeness (QED) is 0.297. The average molecular weight is 477 g/mol. The van der Waals surface area contributed by atoms with Crippen LogP contribution in [-0.4, -0.2) is 20.0 Å². The molecule has 0 atom stereocenters. The van der Waals surface area contributed by atoms with Crippen LogP contribution in [0.25, 0.3) is 16.8 Å². The number of aromatic nitrogens is 1. The monoisotopic (exact) mass is 476 g/mol. The Morgan fingerprint density at radius 3 is 2.33 bits per heavy atom. The molecule has 5 nitrogen and oxygen atoms in total. The van der Waals surface area contributed by atoms with Crippen LogP contribution in [0.15, 0.2) is 99.9 Å². The van der Waals surface area contributed by atoms with E-state index >= 15 is 0 Å². The van der Waals surface area contributed by atoms with Gasteiger partial charge in [-0.15, -0.1) is 0 Å². The number of aryl methyl sites for hydroxylation is 2. The summed E-state index contributed by atoms with van der Waals surface area (Å²) >= 11 is 1.84. The van der Waals surface area contributed by atoms with Crippen molar-refractivity contribution in [1.29, 1.82) is 0 Å². The number of pyridine rings is 1. The molecule has 1 aromatic heterocycles. The molecule has 1 aliphatic rings. The van der Waals surface area contributed by atoms with Crippen molar-refractivity contribution in [1.82, 2.24) is 0 Å². The third-order valence-electron chi connectivity index (χ3n) is 5.42. The molecule has 0 bridgehead atoms. The van der Waals surface area contributed by atoms with Crippen LogP contribution in [0.3, 0.4) is 0 Å². The van der Waals surface area contributed by atoms with Gasteiger partial charge in [0.25, 0.3) is 0 Å². The summed E-state index contributed by atoms with van der Waals surface area (Å²) in [7, 11) is -0.0388. The van der Waals surface area contributed by atoms with E-state index in [-0.39, 0.29) is 4.90 Å². The first-order chi connectivity index (χ1) is 15.7. The first-order valence-corrected chi connectivity index (χ1v) is 12.6. The fraction of sp³-hybridized carbons (Fsp3) is 0.115. The molecular formula is C26H24N2O3S2. The number of hydrogen-bond acceptors (Lipinski definition) is 5. The van der Waals surface area contributed by atoms with Crippen LogP contribution in [0.2, 0.25) is 0 Å². The molecule has 4 aromatic rings. The van der Waals surface area contributed by atoms with Gasteiger partial charge in [-0.3, -0.25) is 0 Å². The molecule has 0 aliphatic carbocycles. The Balaban J connectivity index is 0.000000200. The molecule has 33 heavy (non-hydrogen) atoms. The molecule has 0 N–H and O–H groups in total. The molecule has 5 rings (SSSR count). The average Bonchev–Trinajstić information content (AvgIpc) is 3.11. The van der Waals surface area contributed by atoms with Gasteiger partial charge in [-0.2, -0.15) is 0 Å². The van der Waals surface area contributed by atoms with Crippen molar-refractivity contribution in [3.8, 4) is 0 Å². The fourth-order valence-electron chi connectivity index (χ4n) is 3.60. The van der Waals surface area contributed by atoms with E-state index in [0.29, 0.717) is 0 Å². The van der Waals surface area contributed by atoms with Crippen molar-refractivity contribution < 1.29 is 17.5 Å². The topological polar surface area (TPSA) is 64.3 Å². The van der Waals surface area contributed by atoms with Crippen LogP contribution in [0, 0.1) is 6.92 Å². The summed E-state index contributed by atoms with van der Waals surface area (Å²) in [5, 5.41) is 3.87. The molecular weight excluding hydrogens is 452 g/mol. The van der Waals surface area contributed by atoms with E-state index in [2.05, 4.69) is 90.4 Å². The molecule has 0 saturated heterocycles. The Bertz CT molecular complexity index is 1450. The van der Waals surface area contributed by atoms with Gasteiger partial charge in [0.15, 0.2) is 6.20 Å². The van der Waals surface area contributed by atoms with Gasteiger partial charge in [0.2, 0.25) is 5.69 Å². The van der Waals surface area contributed by atoms with Crippen molar-refractivity contribution in [2.24, 2.45) is 7.05 Å². The number of thioether (sulfide) groups is 1. The van der Waals surface area contributed by atoms with Crippen LogP contribution in [0.1, 0.15) is 11.3 Å². The highest BCUT2D eigenvalue weighted by molar-refractivity contribution is 8.04. The Morgan fingerprint density at radius 1 is 0.939 bits per heavy atom. The van der Waals surface area contributed by atoms with Crippen molar-refractivity contribution in [3.05, 3.63) is 101 Å². The minimum atomic E-state index is -4.27. The van der Waals surface area contributed by atoms with E-state index in [0.717, 1.165) is 5.56 Å². The summed E-state index contributed by atoms with van der Waals surface area (Å²) in [4.78, 5) is 3.45. The second-order valence-corrected chi connectivity index (χ2v) is 10.2. The lowest BCUT2D eigenvalue weighted by atomic mass is 10.1. The number of hydrogen-bond donors (Lipinski definition) is 0. The standard InChI is InChI=1S/C19H17N2S.C7H8O3S/c1-20-12-6-5-8-15(20)13-18-21(2)19-16-9-4-3-7-14(16)10-11-17(19)22-18;1-6-2-4-7(5-3-6)11(8,9)10/h3-13H,1-2H3;2-5H,1H3,(H,8,9,10)/q+1;/p-1. The largest absolute Gasteiger partial charge is 0.744 e. The van der Waals surface area contributed by atoms with Crippen LogP contribution in [0.5, 0.6) is 0 Å². The second kappa shape index (κ2) is 9.39. The van der Waals surface area contributed by atoms with Crippen molar-refractivity contribution >= 4 is 44.4 Å². The highest BCUT2D eigenvalue weighted by atomic mass is 32.2. The Hall–Kier alpha value is -3.13. The fourth-order valence-corrected chi connectivity index (χ4v) is 5.18. The molecule has 1 aliphatic heterocycles. The predicted molar refractivity (Wildman–Crippen MR) is 133 cm³/mol. The molecule has 0 saturated carbocycles. The number of fused-ring (bicyclic) bond motifs is 3. The van der Waals surface area contributed by atoms with Crippen molar-refractivity contribution in [2.75, 3.05) is 11.9 Å². The molecule has 168 valence electrons. The van der Waals surface area contributed by atoms with Crippen molar-refractivity contribution in [3.63, 3.8) is 0 Å². The molecule has 2 heterocycles. The molecule has 0 radical (unpaired) electrons. The van der Waals surface area contributed by atoms with Crippen molar-refractivity contribution in [2.45, 2.75) is 16.7 Å². The number of benzene rings is 3. The van der Waals surface area contributed by atoms with Gasteiger partial charge in [-0.1, -0.05) is 59.8 Å². The van der Waals surface area contributed by atoms with Gasteiger partial charge in [-0.25, -0.2) is 13.0 Å². The van der Waals surface area contributed by atoms with Crippen LogP contribution in [0.4, 0.5) is 5.69 Å². The normalized spacial score (nSPS) is 14.2. The highest BCUT2D eigenvalue weighted by Crippen LogP contribution is 2.48. The van der Waals surface area contributed by atoms with Crippen LogP contribution < -0.4 is 9.47 Å². The molecule has 0 fully saturated rings. The Kier molecular flexibility index (Phi) is 6.56. The first-order valence-electron chi connectivity index (χ1n) is 10.4. The smallest absolute Gasteiger partial charge is 0.207 e. The first kappa shape index (κ1) is 23.0. The zero-order valence-corrected chi connectivity index (χ0v) is 20.2. The lowest BCUT2D eigenvalue weighted by Gasteiger charge is -2.15. The Morgan fingerprint density at radius 2 is 1.64 bits per heavy atom. The summed E-state index contributed by atoms with van der Waals surface area (Å²) in [6.45, 7) is 1.82. The third-order valence-corrected chi connectivity index (χ3v) is 7.42. The zero-order chi connectivity index (χ0) is 23.6. The maximum absolute atomic E-state index is 10.4. The van der Waals surface area contributed by atoms with E-state index in [1.807, 2.05) is 18.7 Å². The number of anilines is 1. The zero-order valence-electron chi connectivity index (χ0n) is 18.6. The minimum absolute atomic E-state index is 0.178. The summed E-state index contributed by atoms with van der Waals surface area (Å²) in [6.07, 6.45) is 4.33. The van der Waals surface area contributed by atoms with Gasteiger partial charge >= 0.3 is 0 Å². The second-order valence-electron chi connectivity index (χ2n) is 7.78. The van der Waals surface area contributed by atoms with Gasteiger partial charge in [0.1, 0.15) is 17.2 Å². The van der Waals surface area contributed by atoms with E-state index in [1.54, 1.807) is 12.1 Å². The molecule has 0 amide bonds. The minimum Gasteiger partial charge on any atom is -0.744 e. The molecule has 3 aromatic carbocycles. The van der Waals surface area contributed by atoms with Gasteiger partial charge in [-0.05, 0) is 36.6 Å². The summed E-state index contributed by atoms with van der Waals surface area (Å²) < 4.78 is 33.3. The predicted octanol–water partition coefficient (Wildman–Crippen LogP) is 5.10. The van der Waals surface area contributed by atoms with E-state index in [1.165, 1.54) is 44.2 Å². The number of rotatable bonds is 2. The highest BCUT2D eigenvalue weighted by Gasteiger charge is 2.25. The van der Waals surface area contributed by atoms with Gasteiger partial charge in [0, 0.05) is 35.5 Å². The lowest BCUT2D eigenvalue weighted by molar-refractivity contribution is -0.673. The number of nitrogens with zero attached hydrogens (tertiary/aromatic N) is 2.